The Morgan fingerprint density at radius 3 is 2.14 bits per heavy atom. The number of hydrogen-bond donors (Lipinski definition) is 0. The first-order chi connectivity index (χ1) is 6.76. The first-order valence-corrected chi connectivity index (χ1v) is 4.70. The van der Waals surface area contributed by atoms with E-state index in [1.165, 1.54) is 16.0 Å². The maximum atomic E-state index is 11.2. The van der Waals surface area contributed by atoms with Crippen LogP contribution in [0.1, 0.15) is 0 Å². The van der Waals surface area contributed by atoms with E-state index in [9.17, 15) is 4.79 Å². The highest BCUT2D eigenvalue weighted by atomic mass is 35.5. The number of nitrogens with zero attached hydrogens (tertiary/aromatic N) is 1. The highest BCUT2D eigenvalue weighted by Crippen LogP contribution is 1.97. The first kappa shape index (κ1) is 13.1. The van der Waals surface area contributed by atoms with Gasteiger partial charge in [-0.3, -0.25) is 0 Å². The van der Waals surface area contributed by atoms with Crippen LogP contribution in [0.5, 0.6) is 0 Å². The van der Waals surface area contributed by atoms with Crippen molar-refractivity contribution in [2.75, 3.05) is 13.1 Å². The first-order valence-electron chi connectivity index (χ1n) is 3.83. The second kappa shape index (κ2) is 8.66. The summed E-state index contributed by atoms with van der Waals surface area (Å²) < 4.78 is 4.60. The lowest BCUT2D eigenvalue weighted by atomic mass is 10.5. The molecule has 0 bridgehead atoms. The Balaban J connectivity index is 4.20. The maximum absolute atomic E-state index is 11.2. The SMILES string of the molecule is C=COC(=O)N(CC=CCl)CC=CCl. The fourth-order valence-electron chi connectivity index (χ4n) is 0.704. The van der Waals surface area contributed by atoms with Gasteiger partial charge in [0, 0.05) is 24.2 Å². The third kappa shape index (κ3) is 5.67. The second-order valence-corrected chi connectivity index (χ2v) is 2.68. The fraction of sp³-hybridized carbons (Fsp3) is 0.222. The summed E-state index contributed by atoms with van der Waals surface area (Å²) >= 11 is 10.7. The van der Waals surface area contributed by atoms with Crippen molar-refractivity contribution in [2.45, 2.75) is 0 Å². The zero-order valence-corrected chi connectivity index (χ0v) is 9.04. The number of rotatable bonds is 5. The molecule has 0 aromatic heterocycles. The summed E-state index contributed by atoms with van der Waals surface area (Å²) in [4.78, 5) is 12.6. The normalized spacial score (nSPS) is 10.7. The van der Waals surface area contributed by atoms with Gasteiger partial charge in [0.25, 0.3) is 0 Å². The van der Waals surface area contributed by atoms with E-state index in [-0.39, 0.29) is 0 Å². The molecule has 3 nitrogen and oxygen atoms in total. The standard InChI is InChI=1S/C9H11Cl2NO2/c1-2-14-9(13)12(7-3-5-10)8-4-6-11/h2-6H,1,7-8H2. The van der Waals surface area contributed by atoms with Crippen LogP contribution in [-0.2, 0) is 4.74 Å². The highest BCUT2D eigenvalue weighted by Gasteiger charge is 2.10. The number of hydrogen-bond acceptors (Lipinski definition) is 2. The molecule has 5 heteroatoms. The van der Waals surface area contributed by atoms with E-state index in [0.29, 0.717) is 13.1 Å². The average Bonchev–Trinajstić information content (AvgIpc) is 2.18. The van der Waals surface area contributed by atoms with Gasteiger partial charge in [0.05, 0.1) is 6.26 Å². The van der Waals surface area contributed by atoms with Gasteiger partial charge in [-0.25, -0.2) is 4.79 Å². The van der Waals surface area contributed by atoms with E-state index in [2.05, 4.69) is 11.3 Å². The summed E-state index contributed by atoms with van der Waals surface area (Å²) in [6.45, 7) is 4.00. The van der Waals surface area contributed by atoms with Crippen LogP contribution in [0.3, 0.4) is 0 Å². The molecule has 0 aliphatic rings. The molecule has 0 atom stereocenters. The van der Waals surface area contributed by atoms with Gasteiger partial charge >= 0.3 is 6.09 Å². The molecule has 78 valence electrons. The van der Waals surface area contributed by atoms with E-state index in [4.69, 9.17) is 23.2 Å². The van der Waals surface area contributed by atoms with E-state index >= 15 is 0 Å². The smallest absolute Gasteiger partial charge is 0.415 e. The van der Waals surface area contributed by atoms with Crippen LogP contribution in [0.25, 0.3) is 0 Å². The lowest BCUT2D eigenvalue weighted by Gasteiger charge is -2.16. The Kier molecular flexibility index (Phi) is 8.08. The molecule has 1 amide bonds. The molecule has 0 aliphatic heterocycles. The molecular formula is C9H11Cl2NO2. The zero-order valence-electron chi connectivity index (χ0n) is 7.53. The van der Waals surface area contributed by atoms with Crippen LogP contribution in [0, 0.1) is 0 Å². The fourth-order valence-corrected chi connectivity index (χ4v) is 0.863. The van der Waals surface area contributed by atoms with Crippen LogP contribution in [0.2, 0.25) is 0 Å². The molecule has 0 heterocycles. The lowest BCUT2D eigenvalue weighted by molar-refractivity contribution is 0.147. The molecule has 0 N–H and O–H groups in total. The topological polar surface area (TPSA) is 29.5 Å². The van der Waals surface area contributed by atoms with Crippen molar-refractivity contribution in [1.29, 1.82) is 0 Å². The molecule has 0 saturated heterocycles. The van der Waals surface area contributed by atoms with Gasteiger partial charge in [-0.05, 0) is 0 Å². The van der Waals surface area contributed by atoms with Crippen LogP contribution in [0.4, 0.5) is 4.79 Å². The van der Waals surface area contributed by atoms with E-state index in [1.807, 2.05) is 0 Å². The summed E-state index contributed by atoms with van der Waals surface area (Å²) in [6, 6.07) is 0. The number of halogens is 2. The second-order valence-electron chi connectivity index (χ2n) is 2.18. The van der Waals surface area contributed by atoms with Crippen molar-refractivity contribution in [3.05, 3.63) is 36.1 Å². The van der Waals surface area contributed by atoms with Crippen LogP contribution in [-0.4, -0.2) is 24.1 Å². The highest BCUT2D eigenvalue weighted by molar-refractivity contribution is 6.25. The number of amides is 1. The van der Waals surface area contributed by atoms with Gasteiger partial charge in [0.15, 0.2) is 0 Å². The molecule has 0 unspecified atom stereocenters. The van der Waals surface area contributed by atoms with Gasteiger partial charge in [-0.2, -0.15) is 0 Å². The third-order valence-corrected chi connectivity index (χ3v) is 1.63. The molecular weight excluding hydrogens is 225 g/mol. The van der Waals surface area contributed by atoms with Crippen molar-refractivity contribution in [2.24, 2.45) is 0 Å². The molecule has 0 spiro atoms. The minimum Gasteiger partial charge on any atom is -0.419 e. The molecule has 0 aromatic rings. The van der Waals surface area contributed by atoms with Crippen LogP contribution >= 0.6 is 23.2 Å². The number of carbonyl (C=O) groups excluding carboxylic acids is 1. The number of carbonyl (C=O) groups is 1. The largest absolute Gasteiger partial charge is 0.419 e. The molecule has 0 fully saturated rings. The van der Waals surface area contributed by atoms with E-state index in [0.717, 1.165) is 6.26 Å². The Bertz CT molecular complexity index is 225. The summed E-state index contributed by atoms with van der Waals surface area (Å²) in [7, 11) is 0. The Morgan fingerprint density at radius 2 is 1.79 bits per heavy atom. The van der Waals surface area contributed by atoms with Crippen LogP contribution < -0.4 is 0 Å². The van der Waals surface area contributed by atoms with Gasteiger partial charge in [-0.15, -0.1) is 0 Å². The van der Waals surface area contributed by atoms with Crippen molar-refractivity contribution in [3.8, 4) is 0 Å². The predicted molar refractivity (Wildman–Crippen MR) is 58.2 cm³/mol. The maximum Gasteiger partial charge on any atom is 0.415 e. The van der Waals surface area contributed by atoms with Crippen molar-refractivity contribution in [1.82, 2.24) is 4.90 Å². The number of ether oxygens (including phenoxy) is 1. The Labute approximate surface area is 93.2 Å². The summed E-state index contributed by atoms with van der Waals surface area (Å²) in [5.74, 6) is 0. The third-order valence-electron chi connectivity index (χ3n) is 1.27. The monoisotopic (exact) mass is 235 g/mol. The summed E-state index contributed by atoms with van der Waals surface area (Å²) in [5.41, 5.74) is 2.66. The van der Waals surface area contributed by atoms with Gasteiger partial charge in [0.2, 0.25) is 0 Å². The van der Waals surface area contributed by atoms with Gasteiger partial charge in [0.1, 0.15) is 0 Å². The van der Waals surface area contributed by atoms with E-state index < -0.39 is 6.09 Å². The quantitative estimate of drug-likeness (QED) is 0.686. The summed E-state index contributed by atoms with van der Waals surface area (Å²) in [6.07, 6.45) is 3.82. The van der Waals surface area contributed by atoms with Crippen molar-refractivity contribution in [3.63, 3.8) is 0 Å². The average molecular weight is 236 g/mol. The van der Waals surface area contributed by atoms with E-state index in [1.54, 1.807) is 12.2 Å². The molecule has 0 aromatic carbocycles. The Morgan fingerprint density at radius 1 is 1.29 bits per heavy atom. The van der Waals surface area contributed by atoms with Crippen molar-refractivity contribution < 1.29 is 9.53 Å². The molecule has 0 rings (SSSR count). The molecule has 0 radical (unpaired) electrons. The van der Waals surface area contributed by atoms with Gasteiger partial charge in [-0.1, -0.05) is 41.9 Å². The predicted octanol–water partition coefficient (Wildman–Crippen LogP) is 3.07. The summed E-state index contributed by atoms with van der Waals surface area (Å²) in [5, 5.41) is 0. The minimum absolute atomic E-state index is 0.359. The lowest BCUT2D eigenvalue weighted by Crippen LogP contribution is -2.30. The van der Waals surface area contributed by atoms with Crippen LogP contribution in [0.15, 0.2) is 36.1 Å². The minimum atomic E-state index is -0.496. The zero-order chi connectivity index (χ0) is 10.8. The van der Waals surface area contributed by atoms with Crippen molar-refractivity contribution >= 4 is 29.3 Å². The molecule has 0 aliphatic carbocycles. The molecule has 0 saturated carbocycles. The Hall–Kier alpha value is -0.930. The molecule has 14 heavy (non-hydrogen) atoms. The van der Waals surface area contributed by atoms with Gasteiger partial charge < -0.3 is 9.64 Å².